The first kappa shape index (κ1) is 14.1. The Morgan fingerprint density at radius 2 is 2.22 bits per heavy atom. The third-order valence-electron chi connectivity index (χ3n) is 2.23. The van der Waals surface area contributed by atoms with Gasteiger partial charge < -0.3 is 15.8 Å². The van der Waals surface area contributed by atoms with E-state index >= 15 is 0 Å². The topological polar surface area (TPSA) is 90.4 Å². The average Bonchev–Trinajstić information content (AvgIpc) is 2.36. The molecule has 0 aliphatic carbocycles. The van der Waals surface area contributed by atoms with Gasteiger partial charge in [0, 0.05) is 17.8 Å². The number of halogens is 2. The van der Waals surface area contributed by atoms with Crippen LogP contribution >= 0.6 is 0 Å². The molecule has 3 N–H and O–H groups in total. The van der Waals surface area contributed by atoms with Crippen molar-refractivity contribution in [3.8, 4) is 5.75 Å². The Labute approximate surface area is 102 Å². The van der Waals surface area contributed by atoms with Crippen LogP contribution in [0.1, 0.15) is 0 Å². The van der Waals surface area contributed by atoms with Gasteiger partial charge in [0.05, 0.1) is 25.1 Å². The summed E-state index contributed by atoms with van der Waals surface area (Å²) in [4.78, 5) is 10.0. The molecule has 1 rings (SSSR count). The second kappa shape index (κ2) is 5.58. The van der Waals surface area contributed by atoms with Gasteiger partial charge in [-0.15, -0.1) is 0 Å². The predicted octanol–water partition coefficient (Wildman–Crippen LogP) is 1.61. The first-order valence-corrected chi connectivity index (χ1v) is 5.04. The van der Waals surface area contributed by atoms with Crippen molar-refractivity contribution in [1.82, 2.24) is 0 Å². The number of hydrogen-bond donors (Lipinski definition) is 2. The maximum atomic E-state index is 12.9. The zero-order valence-electron chi connectivity index (χ0n) is 9.65. The van der Waals surface area contributed by atoms with Crippen LogP contribution in [0, 0.1) is 10.1 Å². The molecule has 0 saturated heterocycles. The minimum Gasteiger partial charge on any atom is -0.490 e. The van der Waals surface area contributed by atoms with E-state index in [1.54, 1.807) is 0 Å². The van der Waals surface area contributed by atoms with Gasteiger partial charge in [-0.1, -0.05) is 0 Å². The van der Waals surface area contributed by atoms with Crippen LogP contribution in [0.5, 0.6) is 5.75 Å². The molecule has 8 heteroatoms. The van der Waals surface area contributed by atoms with E-state index in [-0.39, 0.29) is 11.4 Å². The Morgan fingerprint density at radius 1 is 1.56 bits per heavy atom. The molecule has 0 saturated carbocycles. The minimum atomic E-state index is -3.03. The zero-order chi connectivity index (χ0) is 13.8. The van der Waals surface area contributed by atoms with Gasteiger partial charge >= 0.3 is 5.69 Å². The molecule has 0 fully saturated rings. The molecular weight excluding hydrogens is 248 g/mol. The van der Waals surface area contributed by atoms with Crippen molar-refractivity contribution in [3.63, 3.8) is 0 Å². The number of nitrogens with one attached hydrogen (secondary N) is 1. The maximum absolute atomic E-state index is 12.9. The lowest BCUT2D eigenvalue weighted by molar-refractivity contribution is -0.385. The van der Waals surface area contributed by atoms with Crippen molar-refractivity contribution < 1.29 is 18.4 Å². The zero-order valence-corrected chi connectivity index (χ0v) is 9.65. The average molecular weight is 261 g/mol. The van der Waals surface area contributed by atoms with Crippen molar-refractivity contribution in [2.45, 2.75) is 5.92 Å². The Kier molecular flexibility index (Phi) is 4.38. The fourth-order valence-corrected chi connectivity index (χ4v) is 1.24. The van der Waals surface area contributed by atoms with E-state index in [0.717, 1.165) is 0 Å². The Balaban J connectivity index is 2.83. The summed E-state index contributed by atoms with van der Waals surface area (Å²) < 4.78 is 30.6. The first-order chi connectivity index (χ1) is 8.39. The third kappa shape index (κ3) is 3.52. The van der Waals surface area contributed by atoms with Gasteiger partial charge in [-0.2, -0.15) is 0 Å². The van der Waals surface area contributed by atoms with Crippen LogP contribution < -0.4 is 15.8 Å². The number of rotatable bonds is 6. The van der Waals surface area contributed by atoms with E-state index in [2.05, 4.69) is 5.32 Å². The second-order valence-corrected chi connectivity index (χ2v) is 3.56. The van der Waals surface area contributed by atoms with Gasteiger partial charge in [0.25, 0.3) is 5.92 Å². The second-order valence-electron chi connectivity index (χ2n) is 3.56. The number of nitro groups is 1. The van der Waals surface area contributed by atoms with Gasteiger partial charge in [-0.3, -0.25) is 10.1 Å². The third-order valence-corrected chi connectivity index (χ3v) is 2.23. The van der Waals surface area contributed by atoms with E-state index in [1.165, 1.54) is 25.3 Å². The summed E-state index contributed by atoms with van der Waals surface area (Å²) in [7, 11) is 1.26. The molecule has 0 bridgehead atoms. The Morgan fingerprint density at radius 3 is 2.72 bits per heavy atom. The highest BCUT2D eigenvalue weighted by Crippen LogP contribution is 2.29. The summed E-state index contributed by atoms with van der Waals surface area (Å²) in [6.45, 7) is -1.42. The molecule has 0 aromatic heterocycles. The highest BCUT2D eigenvalue weighted by molar-refractivity contribution is 5.58. The molecule has 0 atom stereocenters. The van der Waals surface area contributed by atoms with E-state index < -0.39 is 23.9 Å². The van der Waals surface area contributed by atoms with Crippen LogP contribution in [0.15, 0.2) is 18.2 Å². The molecule has 0 aliphatic heterocycles. The van der Waals surface area contributed by atoms with E-state index in [4.69, 9.17) is 10.5 Å². The molecular formula is C10H13F2N3O3. The van der Waals surface area contributed by atoms with Crippen molar-refractivity contribution >= 4 is 11.4 Å². The van der Waals surface area contributed by atoms with E-state index in [1.807, 2.05) is 0 Å². The maximum Gasteiger partial charge on any atom is 0.311 e. The molecule has 0 radical (unpaired) electrons. The summed E-state index contributed by atoms with van der Waals surface area (Å²) in [5.74, 6) is -3.03. The van der Waals surface area contributed by atoms with Crippen LogP contribution in [0.25, 0.3) is 0 Å². The summed E-state index contributed by atoms with van der Waals surface area (Å²) in [5, 5.41) is 13.1. The number of nitrogens with zero attached hydrogens (tertiary/aromatic N) is 1. The summed E-state index contributed by atoms with van der Waals surface area (Å²) >= 11 is 0. The van der Waals surface area contributed by atoms with Crippen molar-refractivity contribution in [1.29, 1.82) is 0 Å². The number of benzene rings is 1. The summed E-state index contributed by atoms with van der Waals surface area (Å²) in [6, 6.07) is 3.79. The summed E-state index contributed by atoms with van der Waals surface area (Å²) in [6.07, 6.45) is 0. The van der Waals surface area contributed by atoms with Crippen molar-refractivity contribution in [2.75, 3.05) is 25.5 Å². The molecule has 18 heavy (non-hydrogen) atoms. The molecule has 0 amide bonds. The van der Waals surface area contributed by atoms with E-state index in [9.17, 15) is 18.9 Å². The number of nitro benzene ring substituents is 1. The van der Waals surface area contributed by atoms with E-state index in [0.29, 0.717) is 5.69 Å². The van der Waals surface area contributed by atoms with Gasteiger partial charge in [0.15, 0.2) is 5.75 Å². The largest absolute Gasteiger partial charge is 0.490 e. The van der Waals surface area contributed by atoms with Crippen LogP contribution in [0.4, 0.5) is 20.2 Å². The van der Waals surface area contributed by atoms with Crippen LogP contribution in [0.2, 0.25) is 0 Å². The molecule has 0 aliphatic rings. The van der Waals surface area contributed by atoms with Crippen LogP contribution in [-0.2, 0) is 0 Å². The molecule has 1 aromatic carbocycles. The number of alkyl halides is 2. The Hall–Kier alpha value is -1.96. The highest BCUT2D eigenvalue weighted by Gasteiger charge is 2.26. The van der Waals surface area contributed by atoms with Crippen molar-refractivity contribution in [2.24, 2.45) is 5.73 Å². The smallest absolute Gasteiger partial charge is 0.311 e. The molecule has 0 heterocycles. The monoisotopic (exact) mass is 261 g/mol. The number of nitrogens with two attached hydrogens (primary N) is 1. The minimum absolute atomic E-state index is 0.000986. The molecule has 100 valence electrons. The highest BCUT2D eigenvalue weighted by atomic mass is 19.3. The van der Waals surface area contributed by atoms with Crippen molar-refractivity contribution in [3.05, 3.63) is 28.3 Å². The lowest BCUT2D eigenvalue weighted by atomic mass is 10.2. The quantitative estimate of drug-likeness (QED) is 0.599. The summed E-state index contributed by atoms with van der Waals surface area (Å²) in [5.41, 5.74) is 4.96. The Bertz CT molecular complexity index is 440. The number of methoxy groups -OCH3 is 1. The number of anilines is 1. The normalized spacial score (nSPS) is 11.1. The molecule has 1 aromatic rings. The van der Waals surface area contributed by atoms with Crippen LogP contribution in [0.3, 0.4) is 0 Å². The SMILES string of the molecule is COc1cc(NCC(F)(F)CN)ccc1[N+](=O)[O-]. The molecule has 0 spiro atoms. The number of ether oxygens (including phenoxy) is 1. The standard InChI is InChI=1S/C10H13F2N3O3/c1-18-9-4-7(2-3-8(9)15(16)17)14-6-10(11,12)5-13/h2-4,14H,5-6,13H2,1H3. The van der Waals surface area contributed by atoms with Crippen LogP contribution in [-0.4, -0.2) is 31.0 Å². The fraction of sp³-hybridized carbons (Fsp3) is 0.400. The lowest BCUT2D eigenvalue weighted by Crippen LogP contribution is -2.35. The molecule has 6 nitrogen and oxygen atoms in total. The van der Waals surface area contributed by atoms with Gasteiger partial charge in [-0.25, -0.2) is 8.78 Å². The lowest BCUT2D eigenvalue weighted by Gasteiger charge is -2.15. The predicted molar refractivity (Wildman–Crippen MR) is 62.1 cm³/mol. The first-order valence-electron chi connectivity index (χ1n) is 5.04. The van der Waals surface area contributed by atoms with Gasteiger partial charge in [0.2, 0.25) is 0 Å². The van der Waals surface area contributed by atoms with Gasteiger partial charge in [0.1, 0.15) is 0 Å². The number of hydrogen-bond acceptors (Lipinski definition) is 5. The molecule has 0 unspecified atom stereocenters. The fourth-order valence-electron chi connectivity index (χ4n) is 1.24. The van der Waals surface area contributed by atoms with Gasteiger partial charge in [-0.05, 0) is 6.07 Å².